The van der Waals surface area contributed by atoms with Crippen molar-refractivity contribution in [2.75, 3.05) is 0 Å². The highest BCUT2D eigenvalue weighted by atomic mass is 16.4. The van der Waals surface area contributed by atoms with Crippen LogP contribution in [-0.2, 0) is 4.79 Å². The van der Waals surface area contributed by atoms with Gasteiger partial charge in [0.15, 0.2) is 5.84 Å². The van der Waals surface area contributed by atoms with E-state index >= 15 is 0 Å². The molecule has 84 valence electrons. The molecule has 0 saturated heterocycles. The van der Waals surface area contributed by atoms with E-state index in [-0.39, 0.29) is 23.2 Å². The zero-order chi connectivity index (χ0) is 11.3. The van der Waals surface area contributed by atoms with Gasteiger partial charge in [-0.15, -0.1) is 0 Å². The van der Waals surface area contributed by atoms with Crippen LogP contribution in [0.1, 0.15) is 33.1 Å². The van der Waals surface area contributed by atoms with Gasteiger partial charge >= 0.3 is 0 Å². The van der Waals surface area contributed by atoms with Gasteiger partial charge in [0.1, 0.15) is 5.41 Å². The summed E-state index contributed by atoms with van der Waals surface area (Å²) in [6.45, 7) is 4.22. The molecule has 2 aliphatic rings. The maximum atomic E-state index is 11.9. The van der Waals surface area contributed by atoms with Crippen molar-refractivity contribution in [2.24, 2.45) is 21.7 Å². The number of carbonyl (C=O) groups is 1. The topological polar surface area (TPSA) is 87.7 Å². The minimum atomic E-state index is -0.715. The molecule has 0 heterocycles. The number of hydrogen-bond acceptors (Lipinski definition) is 3. The Hall–Kier alpha value is -1.26. The third kappa shape index (κ3) is 1.56. The van der Waals surface area contributed by atoms with E-state index in [9.17, 15) is 4.79 Å². The zero-order valence-electron chi connectivity index (χ0n) is 9.08. The highest BCUT2D eigenvalue weighted by Gasteiger charge is 2.57. The average Bonchev–Trinajstić information content (AvgIpc) is 3.03. The Bertz CT molecular complexity index is 332. The molecule has 1 unspecified atom stereocenters. The molecule has 0 aromatic carbocycles. The highest BCUT2D eigenvalue weighted by Crippen LogP contribution is 2.49. The van der Waals surface area contributed by atoms with Crippen LogP contribution in [0, 0.1) is 10.8 Å². The van der Waals surface area contributed by atoms with Crippen LogP contribution in [0.15, 0.2) is 5.16 Å². The fourth-order valence-corrected chi connectivity index (χ4v) is 1.83. The Morgan fingerprint density at radius 3 is 2.40 bits per heavy atom. The molecule has 1 amide bonds. The van der Waals surface area contributed by atoms with Crippen molar-refractivity contribution in [2.45, 2.75) is 39.2 Å². The Morgan fingerprint density at radius 1 is 1.53 bits per heavy atom. The fraction of sp³-hybridized carbons (Fsp3) is 0.800. The van der Waals surface area contributed by atoms with Crippen molar-refractivity contribution in [3.8, 4) is 0 Å². The molecule has 2 aliphatic carbocycles. The van der Waals surface area contributed by atoms with Crippen molar-refractivity contribution in [3.05, 3.63) is 0 Å². The minimum absolute atomic E-state index is 0.0402. The molecule has 5 heteroatoms. The summed E-state index contributed by atoms with van der Waals surface area (Å²) in [7, 11) is 0. The lowest BCUT2D eigenvalue weighted by Crippen LogP contribution is -2.42. The monoisotopic (exact) mass is 211 g/mol. The third-order valence-electron chi connectivity index (χ3n) is 3.60. The number of nitrogens with two attached hydrogens (primary N) is 1. The molecule has 4 N–H and O–H groups in total. The van der Waals surface area contributed by atoms with Crippen LogP contribution >= 0.6 is 0 Å². The second-order valence-electron chi connectivity index (χ2n) is 5.29. The van der Waals surface area contributed by atoms with Gasteiger partial charge in [-0.25, -0.2) is 0 Å². The van der Waals surface area contributed by atoms with Crippen LogP contribution in [0.25, 0.3) is 0 Å². The lowest BCUT2D eigenvalue weighted by Gasteiger charge is -2.14. The minimum Gasteiger partial charge on any atom is -0.409 e. The van der Waals surface area contributed by atoms with E-state index in [1.165, 1.54) is 0 Å². The summed E-state index contributed by atoms with van der Waals surface area (Å²) in [4.78, 5) is 11.9. The van der Waals surface area contributed by atoms with Crippen LogP contribution < -0.4 is 11.1 Å². The molecular formula is C10H17N3O2. The second-order valence-corrected chi connectivity index (χ2v) is 5.29. The van der Waals surface area contributed by atoms with E-state index in [4.69, 9.17) is 10.9 Å². The van der Waals surface area contributed by atoms with Crippen molar-refractivity contribution in [1.29, 1.82) is 0 Å². The summed E-state index contributed by atoms with van der Waals surface area (Å²) in [5.41, 5.74) is 5.01. The van der Waals surface area contributed by atoms with Gasteiger partial charge < -0.3 is 16.3 Å². The number of amides is 1. The lowest BCUT2D eigenvalue weighted by atomic mass is 10.0. The Morgan fingerprint density at radius 2 is 2.07 bits per heavy atom. The number of carbonyl (C=O) groups excluding carboxylic acids is 1. The predicted octanol–water partition coefficient (Wildman–Crippen LogP) is 0.428. The maximum Gasteiger partial charge on any atom is 0.234 e. The molecule has 1 atom stereocenters. The lowest BCUT2D eigenvalue weighted by molar-refractivity contribution is -0.124. The third-order valence-corrected chi connectivity index (χ3v) is 3.60. The first-order chi connectivity index (χ1) is 6.92. The summed E-state index contributed by atoms with van der Waals surface area (Å²) >= 11 is 0. The number of rotatable bonds is 3. The molecule has 5 nitrogen and oxygen atoms in total. The quantitative estimate of drug-likeness (QED) is 0.274. The summed E-state index contributed by atoms with van der Waals surface area (Å²) < 4.78 is 0. The molecule has 0 radical (unpaired) electrons. The van der Waals surface area contributed by atoms with Crippen LogP contribution in [0.5, 0.6) is 0 Å². The van der Waals surface area contributed by atoms with E-state index in [2.05, 4.69) is 24.3 Å². The van der Waals surface area contributed by atoms with Gasteiger partial charge in [-0.1, -0.05) is 19.0 Å². The number of amidine groups is 1. The van der Waals surface area contributed by atoms with Crippen LogP contribution in [-0.4, -0.2) is 23.0 Å². The summed E-state index contributed by atoms with van der Waals surface area (Å²) in [6.07, 6.45) is 2.37. The number of oxime groups is 1. The Balaban J connectivity index is 1.98. The van der Waals surface area contributed by atoms with E-state index in [1.807, 2.05) is 0 Å². The average molecular weight is 211 g/mol. The summed E-state index contributed by atoms with van der Waals surface area (Å²) in [6, 6.07) is 0.244. The van der Waals surface area contributed by atoms with Crippen LogP contribution in [0.3, 0.4) is 0 Å². The zero-order valence-corrected chi connectivity index (χ0v) is 9.08. The molecular weight excluding hydrogens is 194 g/mol. The molecule has 0 aromatic rings. The normalized spacial score (nSPS) is 30.8. The number of hydrogen-bond donors (Lipinski definition) is 3. The molecule has 2 saturated carbocycles. The summed E-state index contributed by atoms with van der Waals surface area (Å²) in [5.74, 6) is -0.0492. The van der Waals surface area contributed by atoms with Gasteiger partial charge in [0.05, 0.1) is 0 Å². The first kappa shape index (κ1) is 10.3. The van der Waals surface area contributed by atoms with Gasteiger partial charge in [0, 0.05) is 6.04 Å². The number of nitrogens with one attached hydrogen (secondary N) is 1. The molecule has 2 rings (SSSR count). The fourth-order valence-electron chi connectivity index (χ4n) is 1.83. The molecule has 0 spiro atoms. The second kappa shape index (κ2) is 2.87. The predicted molar refractivity (Wildman–Crippen MR) is 55.4 cm³/mol. The van der Waals surface area contributed by atoms with Gasteiger partial charge in [-0.05, 0) is 24.7 Å². The first-order valence-electron chi connectivity index (χ1n) is 5.21. The summed E-state index contributed by atoms with van der Waals surface area (Å²) in [5, 5.41) is 14.5. The van der Waals surface area contributed by atoms with E-state index in [0.717, 1.165) is 6.42 Å². The van der Waals surface area contributed by atoms with Gasteiger partial charge in [0.25, 0.3) is 0 Å². The van der Waals surface area contributed by atoms with Crippen LogP contribution in [0.2, 0.25) is 0 Å². The molecule has 2 fully saturated rings. The van der Waals surface area contributed by atoms with E-state index < -0.39 is 5.41 Å². The van der Waals surface area contributed by atoms with E-state index in [0.29, 0.717) is 12.8 Å². The van der Waals surface area contributed by atoms with Crippen molar-refractivity contribution >= 4 is 11.7 Å². The van der Waals surface area contributed by atoms with Gasteiger partial charge in [0.2, 0.25) is 5.91 Å². The number of nitrogens with zero attached hydrogens (tertiary/aromatic N) is 1. The van der Waals surface area contributed by atoms with Crippen LogP contribution in [0.4, 0.5) is 0 Å². The highest BCUT2D eigenvalue weighted by molar-refractivity contribution is 6.09. The van der Waals surface area contributed by atoms with Crippen molar-refractivity contribution in [3.63, 3.8) is 0 Å². The molecule has 0 aromatic heterocycles. The van der Waals surface area contributed by atoms with Gasteiger partial charge in [-0.2, -0.15) is 0 Å². The molecule has 15 heavy (non-hydrogen) atoms. The smallest absolute Gasteiger partial charge is 0.234 e. The molecule has 0 bridgehead atoms. The van der Waals surface area contributed by atoms with Crippen molar-refractivity contribution < 1.29 is 10.0 Å². The molecule has 0 aliphatic heterocycles. The van der Waals surface area contributed by atoms with Gasteiger partial charge in [-0.3, -0.25) is 4.79 Å². The SMILES string of the molecule is CC1(C)CC1NC(=O)C1(C(N)=NO)CC1. The van der Waals surface area contributed by atoms with E-state index in [1.54, 1.807) is 0 Å². The standard InChI is InChI=1S/C10H17N3O2/c1-9(2)5-6(9)12-8(14)10(3-4-10)7(11)13-15/h6,15H,3-5H2,1-2H3,(H2,11,13)(H,12,14). The maximum absolute atomic E-state index is 11.9. The Labute approximate surface area is 88.7 Å². The Kier molecular flexibility index (Phi) is 1.96. The largest absolute Gasteiger partial charge is 0.409 e. The first-order valence-corrected chi connectivity index (χ1v) is 5.21. The van der Waals surface area contributed by atoms with Crippen molar-refractivity contribution in [1.82, 2.24) is 5.32 Å².